The van der Waals surface area contributed by atoms with Crippen LogP contribution in [0.25, 0.3) is 16.6 Å². The largest absolute Gasteiger partial charge is 0.492 e. The first-order valence-electron chi connectivity index (χ1n) is 9.81. The SMILES string of the molecule is NC(=O)c1cccc2cn(-c3ccc(CNC(=O)C4CN(OC(=O)C(F)(F)F)C4)cc3)nc12. The number of amides is 2. The number of hydrogen-bond donors (Lipinski definition) is 2. The fourth-order valence-corrected chi connectivity index (χ4v) is 3.32. The summed E-state index contributed by atoms with van der Waals surface area (Å²) in [5.74, 6) is -3.79. The Kier molecular flexibility index (Phi) is 5.77. The van der Waals surface area contributed by atoms with E-state index in [4.69, 9.17) is 5.73 Å². The number of nitrogens with two attached hydrogens (primary N) is 1. The number of rotatable bonds is 6. The predicted octanol–water partition coefficient (Wildman–Crippen LogP) is 1.69. The molecule has 2 heterocycles. The number of nitrogens with zero attached hydrogens (tertiary/aromatic N) is 3. The molecule has 1 aliphatic rings. The Morgan fingerprint density at radius 2 is 1.82 bits per heavy atom. The van der Waals surface area contributed by atoms with Crippen LogP contribution in [0.3, 0.4) is 0 Å². The summed E-state index contributed by atoms with van der Waals surface area (Å²) in [5, 5.41) is 8.69. The Labute approximate surface area is 184 Å². The number of primary amides is 1. The summed E-state index contributed by atoms with van der Waals surface area (Å²) in [6, 6.07) is 12.3. The fourth-order valence-electron chi connectivity index (χ4n) is 3.32. The molecule has 0 spiro atoms. The second kappa shape index (κ2) is 8.54. The molecule has 0 bridgehead atoms. The van der Waals surface area contributed by atoms with Gasteiger partial charge in [-0.3, -0.25) is 9.59 Å². The molecule has 12 heteroatoms. The van der Waals surface area contributed by atoms with Crippen molar-refractivity contribution in [1.29, 1.82) is 0 Å². The van der Waals surface area contributed by atoms with Crippen LogP contribution in [0, 0.1) is 5.92 Å². The summed E-state index contributed by atoms with van der Waals surface area (Å²) in [4.78, 5) is 38.6. The van der Waals surface area contributed by atoms with Crippen molar-refractivity contribution in [3.8, 4) is 5.69 Å². The molecule has 0 unspecified atom stereocenters. The van der Waals surface area contributed by atoms with Crippen LogP contribution < -0.4 is 11.1 Å². The van der Waals surface area contributed by atoms with Crippen molar-refractivity contribution in [2.24, 2.45) is 11.7 Å². The number of carbonyl (C=O) groups excluding carboxylic acids is 3. The Morgan fingerprint density at radius 3 is 2.45 bits per heavy atom. The lowest BCUT2D eigenvalue weighted by Crippen LogP contribution is -2.54. The second-order valence-corrected chi connectivity index (χ2v) is 7.49. The van der Waals surface area contributed by atoms with Gasteiger partial charge in [-0.25, -0.2) is 9.48 Å². The van der Waals surface area contributed by atoms with Crippen molar-refractivity contribution in [3.05, 3.63) is 59.8 Å². The number of nitrogens with one attached hydrogen (secondary N) is 1. The number of carbonyl (C=O) groups is 3. The minimum Gasteiger partial charge on any atom is -0.366 e. The molecule has 1 fully saturated rings. The van der Waals surface area contributed by atoms with Gasteiger partial charge < -0.3 is 15.9 Å². The molecule has 0 saturated carbocycles. The molecular formula is C21H18F3N5O4. The van der Waals surface area contributed by atoms with Crippen LogP contribution in [0.5, 0.6) is 0 Å². The molecule has 1 saturated heterocycles. The Morgan fingerprint density at radius 1 is 1.12 bits per heavy atom. The predicted molar refractivity (Wildman–Crippen MR) is 109 cm³/mol. The highest BCUT2D eigenvalue weighted by molar-refractivity contribution is 6.04. The van der Waals surface area contributed by atoms with E-state index in [1.165, 1.54) is 0 Å². The van der Waals surface area contributed by atoms with Gasteiger partial charge in [0.2, 0.25) is 5.91 Å². The molecule has 2 aromatic carbocycles. The van der Waals surface area contributed by atoms with Gasteiger partial charge in [0.15, 0.2) is 0 Å². The number of aromatic nitrogens is 2. The van der Waals surface area contributed by atoms with Gasteiger partial charge in [0.05, 0.1) is 17.2 Å². The van der Waals surface area contributed by atoms with Crippen LogP contribution in [0.1, 0.15) is 15.9 Å². The van der Waals surface area contributed by atoms with Crippen LogP contribution >= 0.6 is 0 Å². The summed E-state index contributed by atoms with van der Waals surface area (Å²) in [5.41, 5.74) is 7.75. The standard InChI is InChI=1S/C21H18F3N5O4/c22-21(23,24)20(32)33-28-9-14(10-28)19(31)26-8-12-4-6-15(7-5-12)29-11-13-2-1-3-16(18(25)30)17(13)27-29/h1-7,11,14H,8-10H2,(H2,25,30)(H,26,31). The Bertz CT molecular complexity index is 1220. The van der Waals surface area contributed by atoms with Crippen molar-refractivity contribution < 1.29 is 32.4 Å². The van der Waals surface area contributed by atoms with Crippen LogP contribution in [-0.2, 0) is 21.0 Å². The lowest BCUT2D eigenvalue weighted by molar-refractivity contribution is -0.257. The number of hydrogen-bond acceptors (Lipinski definition) is 6. The van der Waals surface area contributed by atoms with Gasteiger partial charge in [0.1, 0.15) is 5.52 Å². The van der Waals surface area contributed by atoms with Crippen molar-refractivity contribution >= 4 is 28.7 Å². The minimum absolute atomic E-state index is 0.104. The molecule has 0 radical (unpaired) electrons. The van der Waals surface area contributed by atoms with Crippen LogP contribution in [0.4, 0.5) is 13.2 Å². The number of hydroxylamine groups is 2. The van der Waals surface area contributed by atoms with E-state index in [1.807, 2.05) is 6.07 Å². The average molecular weight is 461 g/mol. The molecular weight excluding hydrogens is 443 g/mol. The quantitative estimate of drug-likeness (QED) is 0.577. The Hall–Kier alpha value is -3.93. The van der Waals surface area contributed by atoms with Gasteiger partial charge in [0.25, 0.3) is 5.91 Å². The summed E-state index contributed by atoms with van der Waals surface area (Å²) in [6.07, 6.45) is -3.31. The summed E-state index contributed by atoms with van der Waals surface area (Å²) in [6.45, 7) is 0.00430. The van der Waals surface area contributed by atoms with E-state index in [2.05, 4.69) is 15.3 Å². The maximum Gasteiger partial charge on any atom is 0.492 e. The number of benzene rings is 2. The highest BCUT2D eigenvalue weighted by Crippen LogP contribution is 2.22. The first-order chi connectivity index (χ1) is 15.6. The topological polar surface area (TPSA) is 120 Å². The third-order valence-corrected chi connectivity index (χ3v) is 5.13. The lowest BCUT2D eigenvalue weighted by Gasteiger charge is -2.35. The molecule has 1 aromatic heterocycles. The summed E-state index contributed by atoms with van der Waals surface area (Å²) in [7, 11) is 0. The van der Waals surface area contributed by atoms with Gasteiger partial charge in [-0.2, -0.15) is 18.3 Å². The molecule has 1 aliphatic heterocycles. The van der Waals surface area contributed by atoms with Crippen LogP contribution in [0.15, 0.2) is 48.7 Å². The monoisotopic (exact) mass is 461 g/mol. The third kappa shape index (κ3) is 4.80. The van der Waals surface area contributed by atoms with E-state index in [0.717, 1.165) is 21.7 Å². The molecule has 3 N–H and O–H groups in total. The summed E-state index contributed by atoms with van der Waals surface area (Å²) >= 11 is 0. The van der Waals surface area contributed by atoms with Gasteiger partial charge in [-0.1, -0.05) is 24.3 Å². The molecule has 0 atom stereocenters. The summed E-state index contributed by atoms with van der Waals surface area (Å²) < 4.78 is 38.1. The minimum atomic E-state index is -5.08. The van der Waals surface area contributed by atoms with Crippen LogP contribution in [-0.4, -0.2) is 51.9 Å². The van der Waals surface area contributed by atoms with Crippen molar-refractivity contribution in [2.75, 3.05) is 13.1 Å². The van der Waals surface area contributed by atoms with E-state index in [0.29, 0.717) is 11.1 Å². The van der Waals surface area contributed by atoms with Gasteiger partial charge >= 0.3 is 12.1 Å². The molecule has 33 heavy (non-hydrogen) atoms. The van der Waals surface area contributed by atoms with Gasteiger partial charge in [-0.05, 0) is 23.8 Å². The highest BCUT2D eigenvalue weighted by Gasteiger charge is 2.45. The molecule has 172 valence electrons. The van der Waals surface area contributed by atoms with E-state index in [1.54, 1.807) is 47.3 Å². The maximum atomic E-state index is 12.2. The zero-order valence-electron chi connectivity index (χ0n) is 17.0. The normalized spacial score (nSPS) is 14.6. The highest BCUT2D eigenvalue weighted by atomic mass is 19.4. The second-order valence-electron chi connectivity index (χ2n) is 7.49. The van der Waals surface area contributed by atoms with Crippen molar-refractivity contribution in [1.82, 2.24) is 20.2 Å². The molecule has 3 aromatic rings. The van der Waals surface area contributed by atoms with Crippen molar-refractivity contribution in [2.45, 2.75) is 12.7 Å². The molecule has 0 aliphatic carbocycles. The molecule has 4 rings (SSSR count). The lowest BCUT2D eigenvalue weighted by atomic mass is 10.0. The first-order valence-corrected chi connectivity index (χ1v) is 9.81. The van der Waals surface area contributed by atoms with E-state index in [9.17, 15) is 27.6 Å². The Balaban J connectivity index is 1.31. The molecule has 2 amide bonds. The number of alkyl halides is 3. The zero-order chi connectivity index (χ0) is 23.8. The van der Waals surface area contributed by atoms with Gasteiger partial charge in [-0.15, -0.1) is 5.06 Å². The van der Waals surface area contributed by atoms with E-state index < -0.39 is 24.0 Å². The smallest absolute Gasteiger partial charge is 0.366 e. The van der Waals surface area contributed by atoms with Crippen LogP contribution in [0.2, 0.25) is 0 Å². The third-order valence-electron chi connectivity index (χ3n) is 5.13. The van der Waals surface area contributed by atoms with Gasteiger partial charge in [0, 0.05) is 31.2 Å². The zero-order valence-corrected chi connectivity index (χ0v) is 17.0. The number of halogens is 3. The fraction of sp³-hybridized carbons (Fsp3) is 0.238. The van der Waals surface area contributed by atoms with Crippen molar-refractivity contribution in [3.63, 3.8) is 0 Å². The van der Waals surface area contributed by atoms with E-state index in [-0.39, 0.29) is 25.5 Å². The van der Waals surface area contributed by atoms with E-state index >= 15 is 0 Å². The maximum absolute atomic E-state index is 12.2. The number of fused-ring (bicyclic) bond motifs is 1. The molecule has 9 nitrogen and oxygen atoms in total. The first kappa shape index (κ1) is 22.3. The average Bonchev–Trinajstić information content (AvgIpc) is 3.18.